The molecule has 144 valence electrons. The molecule has 1 atom stereocenters. The number of nitrogens with zero attached hydrogens (tertiary/aromatic N) is 2. The van der Waals surface area contributed by atoms with Crippen LogP contribution in [0.25, 0.3) is 10.6 Å². The molecule has 7 nitrogen and oxygen atoms in total. The maximum atomic E-state index is 12.3. The largest absolute Gasteiger partial charge is 0.497 e. The lowest BCUT2D eigenvalue weighted by Gasteiger charge is -2.12. The van der Waals surface area contributed by atoms with Crippen LogP contribution in [0.2, 0.25) is 5.02 Å². The van der Waals surface area contributed by atoms with Gasteiger partial charge in [0.15, 0.2) is 0 Å². The molecule has 0 saturated carbocycles. The second-order valence-electron chi connectivity index (χ2n) is 5.83. The lowest BCUT2D eigenvalue weighted by atomic mass is 10.2. The Morgan fingerprint density at radius 2 is 1.75 bits per heavy atom. The standard InChI is InChI=1S/C19H17ClN4O3S/c1-11(21-17(26)12-3-7-14(20)8-4-12)16(25)22-19-24-23-18(28-19)13-5-9-15(27-2)10-6-13/h3-11H,1-2H3,(H,21,26)(H,22,24,25)/t11-/m1/s1. The van der Waals surface area contributed by atoms with E-state index in [1.807, 2.05) is 24.3 Å². The maximum Gasteiger partial charge on any atom is 0.251 e. The van der Waals surface area contributed by atoms with Gasteiger partial charge in [0.1, 0.15) is 16.8 Å². The normalized spacial score (nSPS) is 11.5. The quantitative estimate of drug-likeness (QED) is 0.640. The van der Waals surface area contributed by atoms with E-state index in [2.05, 4.69) is 20.8 Å². The van der Waals surface area contributed by atoms with Gasteiger partial charge in [0.05, 0.1) is 7.11 Å². The molecule has 2 aromatic carbocycles. The predicted molar refractivity (Wildman–Crippen MR) is 109 cm³/mol. The van der Waals surface area contributed by atoms with Gasteiger partial charge in [-0.2, -0.15) is 0 Å². The van der Waals surface area contributed by atoms with Crippen molar-refractivity contribution in [2.45, 2.75) is 13.0 Å². The van der Waals surface area contributed by atoms with Crippen molar-refractivity contribution in [3.63, 3.8) is 0 Å². The zero-order valence-electron chi connectivity index (χ0n) is 15.1. The van der Waals surface area contributed by atoms with Crippen LogP contribution in [-0.4, -0.2) is 35.2 Å². The van der Waals surface area contributed by atoms with Gasteiger partial charge in [0.25, 0.3) is 5.91 Å². The number of amides is 2. The first kappa shape index (κ1) is 19.8. The molecule has 2 amide bonds. The van der Waals surface area contributed by atoms with E-state index in [4.69, 9.17) is 16.3 Å². The molecule has 0 aliphatic heterocycles. The summed E-state index contributed by atoms with van der Waals surface area (Å²) in [5.41, 5.74) is 1.28. The Morgan fingerprint density at radius 1 is 1.07 bits per heavy atom. The molecule has 1 heterocycles. The van der Waals surface area contributed by atoms with Crippen LogP contribution in [0.4, 0.5) is 5.13 Å². The number of rotatable bonds is 6. The number of anilines is 1. The number of hydrogen-bond donors (Lipinski definition) is 2. The molecule has 0 radical (unpaired) electrons. The third kappa shape index (κ3) is 4.85. The molecule has 0 aliphatic rings. The highest BCUT2D eigenvalue weighted by Gasteiger charge is 2.18. The predicted octanol–water partition coefficient (Wildman–Crippen LogP) is 3.62. The van der Waals surface area contributed by atoms with E-state index in [0.29, 0.717) is 20.7 Å². The first-order chi connectivity index (χ1) is 13.5. The smallest absolute Gasteiger partial charge is 0.251 e. The van der Waals surface area contributed by atoms with E-state index in [9.17, 15) is 9.59 Å². The van der Waals surface area contributed by atoms with Gasteiger partial charge in [-0.25, -0.2) is 0 Å². The number of aromatic nitrogens is 2. The van der Waals surface area contributed by atoms with Crippen LogP contribution >= 0.6 is 22.9 Å². The Morgan fingerprint density at radius 3 is 2.39 bits per heavy atom. The van der Waals surface area contributed by atoms with Crippen LogP contribution in [-0.2, 0) is 4.79 Å². The molecule has 0 bridgehead atoms. The number of hydrogen-bond acceptors (Lipinski definition) is 6. The number of nitrogens with one attached hydrogen (secondary N) is 2. The summed E-state index contributed by atoms with van der Waals surface area (Å²) in [5.74, 6) is -0.0118. The Balaban J connectivity index is 1.60. The zero-order valence-corrected chi connectivity index (χ0v) is 16.7. The number of carbonyl (C=O) groups is 2. The van der Waals surface area contributed by atoms with E-state index in [0.717, 1.165) is 11.3 Å². The summed E-state index contributed by atoms with van der Waals surface area (Å²) in [5, 5.41) is 14.9. The van der Waals surface area contributed by atoms with Gasteiger partial charge in [-0.1, -0.05) is 22.9 Å². The van der Waals surface area contributed by atoms with Crippen molar-refractivity contribution in [1.29, 1.82) is 0 Å². The molecule has 9 heteroatoms. The first-order valence-electron chi connectivity index (χ1n) is 8.31. The monoisotopic (exact) mass is 416 g/mol. The van der Waals surface area contributed by atoms with Crippen molar-refractivity contribution in [3.8, 4) is 16.3 Å². The molecular formula is C19H17ClN4O3S. The summed E-state index contributed by atoms with van der Waals surface area (Å²) < 4.78 is 5.13. The van der Waals surface area contributed by atoms with Gasteiger partial charge in [0, 0.05) is 16.1 Å². The van der Waals surface area contributed by atoms with Gasteiger partial charge in [-0.15, -0.1) is 10.2 Å². The minimum Gasteiger partial charge on any atom is -0.497 e. The molecule has 1 aromatic heterocycles. The average molecular weight is 417 g/mol. The second-order valence-corrected chi connectivity index (χ2v) is 7.25. The van der Waals surface area contributed by atoms with Crippen LogP contribution in [0.1, 0.15) is 17.3 Å². The van der Waals surface area contributed by atoms with Gasteiger partial charge in [-0.3, -0.25) is 14.9 Å². The number of ether oxygens (including phenoxy) is 1. The number of methoxy groups -OCH3 is 1. The van der Waals surface area contributed by atoms with Crippen LogP contribution < -0.4 is 15.4 Å². The molecule has 2 N–H and O–H groups in total. The van der Waals surface area contributed by atoms with E-state index in [1.165, 1.54) is 11.3 Å². The molecule has 3 aromatic rings. The molecule has 0 fully saturated rings. The topological polar surface area (TPSA) is 93.2 Å². The first-order valence-corrected chi connectivity index (χ1v) is 9.51. The maximum absolute atomic E-state index is 12.3. The summed E-state index contributed by atoms with van der Waals surface area (Å²) in [6.07, 6.45) is 0. The molecule has 3 rings (SSSR count). The summed E-state index contributed by atoms with van der Waals surface area (Å²) in [7, 11) is 1.60. The molecule has 0 unspecified atom stereocenters. The van der Waals surface area contributed by atoms with Gasteiger partial charge in [-0.05, 0) is 55.5 Å². The fourth-order valence-corrected chi connectivity index (χ4v) is 3.16. The van der Waals surface area contributed by atoms with Crippen LogP contribution in [0.3, 0.4) is 0 Å². The fourth-order valence-electron chi connectivity index (χ4n) is 2.28. The lowest BCUT2D eigenvalue weighted by Crippen LogP contribution is -2.41. The van der Waals surface area contributed by atoms with Crippen molar-refractivity contribution in [2.24, 2.45) is 0 Å². The lowest BCUT2D eigenvalue weighted by molar-refractivity contribution is -0.117. The minimum absolute atomic E-state index is 0.350. The third-order valence-electron chi connectivity index (χ3n) is 3.84. The average Bonchev–Trinajstić information content (AvgIpc) is 3.17. The van der Waals surface area contributed by atoms with E-state index in [-0.39, 0.29) is 11.8 Å². The summed E-state index contributed by atoms with van der Waals surface area (Å²) in [4.78, 5) is 24.5. The van der Waals surface area contributed by atoms with Crippen LogP contribution in [0.15, 0.2) is 48.5 Å². The van der Waals surface area contributed by atoms with Crippen molar-refractivity contribution >= 4 is 39.9 Å². The zero-order chi connectivity index (χ0) is 20.1. The number of halogens is 1. The second kappa shape index (κ2) is 8.81. The van der Waals surface area contributed by atoms with Crippen LogP contribution in [0, 0.1) is 0 Å². The molecule has 0 saturated heterocycles. The summed E-state index contributed by atoms with van der Waals surface area (Å²) >= 11 is 7.05. The van der Waals surface area contributed by atoms with Gasteiger partial charge in [0.2, 0.25) is 11.0 Å². The van der Waals surface area contributed by atoms with Crippen molar-refractivity contribution in [3.05, 3.63) is 59.1 Å². The highest BCUT2D eigenvalue weighted by molar-refractivity contribution is 7.18. The van der Waals surface area contributed by atoms with Gasteiger partial charge >= 0.3 is 0 Å². The highest BCUT2D eigenvalue weighted by atomic mass is 35.5. The Labute approximate surface area is 170 Å². The summed E-state index contributed by atoms with van der Waals surface area (Å²) in [6, 6.07) is 13.0. The Hall–Kier alpha value is -2.97. The van der Waals surface area contributed by atoms with Crippen LogP contribution in [0.5, 0.6) is 5.75 Å². The third-order valence-corrected chi connectivity index (χ3v) is 4.98. The minimum atomic E-state index is -0.753. The van der Waals surface area contributed by atoms with E-state index < -0.39 is 6.04 Å². The highest BCUT2D eigenvalue weighted by Crippen LogP contribution is 2.27. The molecule has 0 spiro atoms. The Bertz CT molecular complexity index is 974. The van der Waals surface area contributed by atoms with Crippen molar-refractivity contribution in [1.82, 2.24) is 15.5 Å². The van der Waals surface area contributed by atoms with Gasteiger partial charge < -0.3 is 10.1 Å². The van der Waals surface area contributed by atoms with Crippen molar-refractivity contribution < 1.29 is 14.3 Å². The van der Waals surface area contributed by atoms with Crippen molar-refractivity contribution in [2.75, 3.05) is 12.4 Å². The molecule has 0 aliphatic carbocycles. The number of benzene rings is 2. The number of carbonyl (C=O) groups excluding carboxylic acids is 2. The molecule has 28 heavy (non-hydrogen) atoms. The van der Waals surface area contributed by atoms with E-state index in [1.54, 1.807) is 38.3 Å². The summed E-state index contributed by atoms with van der Waals surface area (Å²) in [6.45, 7) is 1.59. The SMILES string of the molecule is COc1ccc(-c2nnc(NC(=O)[C@@H](C)NC(=O)c3ccc(Cl)cc3)s2)cc1. The van der Waals surface area contributed by atoms with E-state index >= 15 is 0 Å². The fraction of sp³-hybridized carbons (Fsp3) is 0.158. The Kier molecular flexibility index (Phi) is 6.23. The molecular weight excluding hydrogens is 400 g/mol.